The van der Waals surface area contributed by atoms with Crippen LogP contribution in [-0.2, 0) is 10.2 Å². The smallest absolute Gasteiger partial charge is 0.335 e. The summed E-state index contributed by atoms with van der Waals surface area (Å²) in [6, 6.07) is 46.2. The molecule has 0 aliphatic heterocycles. The Labute approximate surface area is 328 Å². The topological polar surface area (TPSA) is 32.8 Å². The highest BCUT2D eigenvalue weighted by molar-refractivity contribution is 5.85. The van der Waals surface area contributed by atoms with Crippen molar-refractivity contribution in [3.05, 3.63) is 185 Å². The largest absolute Gasteiger partial charge is 0.423 e. The van der Waals surface area contributed by atoms with Crippen LogP contribution in [0.25, 0.3) is 0 Å². The molecule has 6 rings (SSSR count). The van der Waals surface area contributed by atoms with Crippen LogP contribution in [0.4, 0.5) is 34.1 Å². The van der Waals surface area contributed by atoms with E-state index in [0.717, 1.165) is 46.0 Å². The van der Waals surface area contributed by atoms with Crippen LogP contribution in [0.15, 0.2) is 140 Å². The Morgan fingerprint density at radius 1 is 0.582 bits per heavy atom. The third kappa shape index (κ3) is 8.44. The number of rotatable bonds is 12. The number of nitrogens with zero attached hydrogens (tertiary/aromatic N) is 2. The molecule has 280 valence electrons. The summed E-state index contributed by atoms with van der Waals surface area (Å²) in [5.74, 6) is 0.507. The molecule has 1 atom stereocenters. The fourth-order valence-corrected chi connectivity index (χ4v) is 7.82. The van der Waals surface area contributed by atoms with Crippen LogP contribution in [-0.4, -0.2) is 5.97 Å². The number of ether oxygens (including phenoxy) is 1. The fourth-order valence-electron chi connectivity index (χ4n) is 7.82. The highest BCUT2D eigenvalue weighted by Crippen LogP contribution is 2.44. The van der Waals surface area contributed by atoms with Crippen molar-refractivity contribution in [3.8, 4) is 5.75 Å². The zero-order chi connectivity index (χ0) is 39.4. The van der Waals surface area contributed by atoms with Gasteiger partial charge in [0, 0.05) is 51.7 Å². The van der Waals surface area contributed by atoms with E-state index in [1.54, 1.807) is 0 Å². The Hall–Kier alpha value is -5.87. The van der Waals surface area contributed by atoms with Crippen LogP contribution in [0, 0.1) is 47.5 Å². The van der Waals surface area contributed by atoms with Crippen LogP contribution in [0.2, 0.25) is 0 Å². The third-order valence-corrected chi connectivity index (χ3v) is 10.6. The van der Waals surface area contributed by atoms with E-state index < -0.39 is 5.97 Å². The van der Waals surface area contributed by atoms with Crippen molar-refractivity contribution < 1.29 is 9.53 Å². The number of carbonyl (C=O) groups is 1. The summed E-state index contributed by atoms with van der Waals surface area (Å²) in [7, 11) is 0. The molecule has 0 heterocycles. The number of esters is 1. The molecule has 0 bridgehead atoms. The maximum absolute atomic E-state index is 12.2. The number of benzene rings is 6. The zero-order valence-electron chi connectivity index (χ0n) is 33.9. The zero-order valence-corrected chi connectivity index (χ0v) is 33.9. The summed E-state index contributed by atoms with van der Waals surface area (Å²) < 4.78 is 5.66. The first-order chi connectivity index (χ1) is 26.3. The lowest BCUT2D eigenvalue weighted by Gasteiger charge is -2.34. The second-order valence-corrected chi connectivity index (χ2v) is 15.7. The Morgan fingerprint density at radius 2 is 1.00 bits per heavy atom. The maximum Gasteiger partial charge on any atom is 0.335 e. The van der Waals surface area contributed by atoms with Crippen molar-refractivity contribution >= 4 is 40.1 Å². The molecule has 0 spiro atoms. The molecule has 0 radical (unpaired) electrons. The monoisotopic (exact) mass is 726 g/mol. The average molecular weight is 727 g/mol. The van der Waals surface area contributed by atoms with Gasteiger partial charge in [0.05, 0.1) is 0 Å². The number of hydrogen-bond donors (Lipinski definition) is 0. The van der Waals surface area contributed by atoms with E-state index in [2.05, 4.69) is 187 Å². The van der Waals surface area contributed by atoms with Gasteiger partial charge in [-0.1, -0.05) is 111 Å². The normalized spacial score (nSPS) is 12.3. The lowest BCUT2D eigenvalue weighted by Crippen LogP contribution is -2.26. The number of hydrogen-bond acceptors (Lipinski definition) is 4. The van der Waals surface area contributed by atoms with E-state index in [9.17, 15) is 4.79 Å². The fraction of sp³-hybridized carbons (Fsp3) is 0.235. The minimum atomic E-state index is -0.478. The van der Waals surface area contributed by atoms with Crippen LogP contribution in [0.1, 0.15) is 71.7 Å². The van der Waals surface area contributed by atoms with Crippen LogP contribution >= 0.6 is 0 Å². The van der Waals surface area contributed by atoms with E-state index in [-0.39, 0.29) is 5.41 Å². The Bertz CT molecular complexity index is 2300. The summed E-state index contributed by atoms with van der Waals surface area (Å²) in [6.07, 6.45) is 2.18. The van der Waals surface area contributed by atoms with Crippen LogP contribution in [0.3, 0.4) is 0 Å². The quantitative estimate of drug-likeness (QED) is 0.0714. The Balaban J connectivity index is 1.41. The van der Waals surface area contributed by atoms with Gasteiger partial charge in [-0.05, 0) is 136 Å². The maximum atomic E-state index is 12.2. The third-order valence-electron chi connectivity index (χ3n) is 10.6. The van der Waals surface area contributed by atoms with Crippen molar-refractivity contribution in [2.24, 2.45) is 5.92 Å². The van der Waals surface area contributed by atoms with Gasteiger partial charge in [0.1, 0.15) is 5.75 Å². The highest BCUT2D eigenvalue weighted by Gasteiger charge is 2.31. The highest BCUT2D eigenvalue weighted by atomic mass is 16.5. The van der Waals surface area contributed by atoms with Crippen LogP contribution < -0.4 is 14.5 Å². The van der Waals surface area contributed by atoms with Gasteiger partial charge >= 0.3 is 5.97 Å². The first-order valence-electron chi connectivity index (χ1n) is 19.2. The molecule has 1 unspecified atom stereocenters. The first-order valence-corrected chi connectivity index (χ1v) is 19.2. The SMILES string of the molecule is C=CC(=O)Oc1cc(N(c2ccc(C(C)(CC(C)C)c3ccc(N(c4ccc(C)cc4)c4ccc(C)cc4C)cc3)cc2)c2ccc(C)cc2C)ccc1C. The van der Waals surface area contributed by atoms with Crippen molar-refractivity contribution in [1.29, 1.82) is 0 Å². The van der Waals surface area contributed by atoms with Gasteiger partial charge in [0.25, 0.3) is 0 Å². The molecule has 0 amide bonds. The molecule has 6 aromatic rings. The molecular weight excluding hydrogens is 673 g/mol. The van der Waals surface area contributed by atoms with Crippen molar-refractivity contribution in [1.82, 2.24) is 0 Å². The Kier molecular flexibility index (Phi) is 11.5. The van der Waals surface area contributed by atoms with Gasteiger partial charge in [-0.15, -0.1) is 0 Å². The molecule has 55 heavy (non-hydrogen) atoms. The van der Waals surface area contributed by atoms with Crippen molar-refractivity contribution in [2.75, 3.05) is 9.80 Å². The second kappa shape index (κ2) is 16.2. The minimum Gasteiger partial charge on any atom is -0.423 e. The molecule has 0 aromatic heterocycles. The van der Waals surface area contributed by atoms with Crippen LogP contribution in [0.5, 0.6) is 5.75 Å². The van der Waals surface area contributed by atoms with Gasteiger partial charge in [0.15, 0.2) is 0 Å². The second-order valence-electron chi connectivity index (χ2n) is 15.7. The molecule has 6 aromatic carbocycles. The van der Waals surface area contributed by atoms with Gasteiger partial charge in [-0.3, -0.25) is 0 Å². The lowest BCUT2D eigenvalue weighted by molar-refractivity contribution is -0.129. The van der Waals surface area contributed by atoms with E-state index in [4.69, 9.17) is 4.74 Å². The van der Waals surface area contributed by atoms with Gasteiger partial charge in [-0.25, -0.2) is 4.79 Å². The molecule has 0 saturated carbocycles. The van der Waals surface area contributed by atoms with Crippen molar-refractivity contribution in [3.63, 3.8) is 0 Å². The number of carbonyl (C=O) groups excluding carboxylic acids is 1. The molecule has 0 saturated heterocycles. The van der Waals surface area contributed by atoms with E-state index in [1.807, 2.05) is 19.1 Å². The van der Waals surface area contributed by atoms with E-state index in [1.165, 1.54) is 45.1 Å². The molecule has 0 N–H and O–H groups in total. The molecule has 0 aliphatic rings. The summed E-state index contributed by atoms with van der Waals surface area (Å²) in [4.78, 5) is 16.8. The lowest BCUT2D eigenvalue weighted by atomic mass is 9.71. The summed E-state index contributed by atoms with van der Waals surface area (Å²) in [5, 5.41) is 0. The van der Waals surface area contributed by atoms with E-state index in [0.29, 0.717) is 11.7 Å². The molecule has 0 aliphatic carbocycles. The molecule has 4 nitrogen and oxygen atoms in total. The molecular formula is C51H54N2O2. The van der Waals surface area contributed by atoms with Gasteiger partial charge in [-0.2, -0.15) is 0 Å². The summed E-state index contributed by atoms with van der Waals surface area (Å²) >= 11 is 0. The van der Waals surface area contributed by atoms with Gasteiger partial charge < -0.3 is 14.5 Å². The van der Waals surface area contributed by atoms with Gasteiger partial charge in [0.2, 0.25) is 0 Å². The number of anilines is 6. The summed E-state index contributed by atoms with van der Waals surface area (Å²) in [5.41, 5.74) is 15.7. The molecule has 4 heteroatoms. The van der Waals surface area contributed by atoms with E-state index >= 15 is 0 Å². The Morgan fingerprint density at radius 3 is 1.44 bits per heavy atom. The molecule has 0 fully saturated rings. The number of aryl methyl sites for hydroxylation is 6. The summed E-state index contributed by atoms with van der Waals surface area (Å²) in [6.45, 7) is 23.2. The average Bonchev–Trinajstić information content (AvgIpc) is 3.15. The first kappa shape index (κ1) is 38.8. The predicted molar refractivity (Wildman–Crippen MR) is 232 cm³/mol. The minimum absolute atomic E-state index is 0.236. The predicted octanol–water partition coefficient (Wildman–Crippen LogP) is 13.9. The standard InChI is InChI=1S/C51H54N2O2/c1-11-50(54)55-49-32-46(23-16-38(49)7)53(48-29-15-37(6)31-40(48)9)45-26-19-42(20-27-45)51(10,33-34(2)3)41-17-24-44(25-18-41)52(43-21-12-35(4)13-22-43)47-28-14-36(5)30-39(47)8/h11-32,34H,1,33H2,2-10H3. The van der Waals surface area contributed by atoms with Crippen molar-refractivity contribution in [2.45, 2.75) is 74.1 Å².